The highest BCUT2D eigenvalue weighted by molar-refractivity contribution is 8.00. The summed E-state index contributed by atoms with van der Waals surface area (Å²) >= 11 is 1.42. The van der Waals surface area contributed by atoms with Gasteiger partial charge in [-0.3, -0.25) is 4.79 Å². The summed E-state index contributed by atoms with van der Waals surface area (Å²) in [5.41, 5.74) is 1.54. The predicted octanol–water partition coefficient (Wildman–Crippen LogP) is 2.62. The summed E-state index contributed by atoms with van der Waals surface area (Å²) in [6.45, 7) is 1.87. The monoisotopic (exact) mass is 339 g/mol. The van der Waals surface area contributed by atoms with Crippen LogP contribution >= 0.6 is 11.9 Å². The molecular formula is C17H13N3O3S. The summed E-state index contributed by atoms with van der Waals surface area (Å²) in [5.74, 6) is -0.188. The molecule has 4 rings (SSSR count). The number of nitrogens with zero attached hydrogens (tertiary/aromatic N) is 3. The van der Waals surface area contributed by atoms with Crippen molar-refractivity contribution in [1.82, 2.24) is 9.55 Å². The largest absolute Gasteiger partial charge is 0.428 e. The van der Waals surface area contributed by atoms with Gasteiger partial charge >= 0.3 is 5.76 Å². The number of aryl methyl sites for hydroxylation is 1. The predicted molar refractivity (Wildman–Crippen MR) is 92.8 cm³/mol. The molecule has 3 heterocycles. The third kappa shape index (κ3) is 2.16. The molecule has 0 fully saturated rings. The van der Waals surface area contributed by atoms with Gasteiger partial charge in [-0.1, -0.05) is 12.1 Å². The van der Waals surface area contributed by atoms with Crippen LogP contribution in [0.25, 0.3) is 17.1 Å². The van der Waals surface area contributed by atoms with Gasteiger partial charge < -0.3 is 8.72 Å². The van der Waals surface area contributed by atoms with Crippen LogP contribution in [0.5, 0.6) is 0 Å². The number of benzene rings is 1. The lowest BCUT2D eigenvalue weighted by atomic mass is 10.1. The van der Waals surface area contributed by atoms with Crippen molar-refractivity contribution in [1.29, 1.82) is 0 Å². The van der Waals surface area contributed by atoms with Gasteiger partial charge in [0, 0.05) is 23.7 Å². The molecule has 0 aliphatic carbocycles. The van der Waals surface area contributed by atoms with Crippen LogP contribution in [-0.2, 0) is 0 Å². The minimum atomic E-state index is -0.744. The van der Waals surface area contributed by atoms with Gasteiger partial charge in [-0.25, -0.2) is 9.78 Å². The molecule has 3 aromatic rings. The Morgan fingerprint density at radius 2 is 1.96 bits per heavy atom. The van der Waals surface area contributed by atoms with Crippen LogP contribution in [0, 0.1) is 6.92 Å². The van der Waals surface area contributed by atoms with E-state index in [1.54, 1.807) is 29.7 Å². The Morgan fingerprint density at radius 1 is 1.17 bits per heavy atom. The topological polar surface area (TPSA) is 68.3 Å². The number of anilines is 1. The minimum Gasteiger partial charge on any atom is -0.406 e. The second kappa shape index (κ2) is 5.38. The fourth-order valence-corrected chi connectivity index (χ4v) is 3.64. The molecule has 0 spiro atoms. The molecule has 0 radical (unpaired) electrons. The van der Waals surface area contributed by atoms with E-state index in [1.807, 2.05) is 31.2 Å². The highest BCUT2D eigenvalue weighted by atomic mass is 32.2. The summed E-state index contributed by atoms with van der Waals surface area (Å²) in [7, 11) is 1.77. The minimum absolute atomic E-state index is 0.258. The molecule has 0 saturated heterocycles. The maximum absolute atomic E-state index is 13.0. The SMILES string of the molecule is Cc1ccnc(-n2c(=O)oc3c(c2=O)N(C)Sc2ccccc2-3)c1. The molecule has 0 unspecified atom stereocenters. The first-order valence-electron chi connectivity index (χ1n) is 7.30. The van der Waals surface area contributed by atoms with Crippen LogP contribution in [0.1, 0.15) is 5.56 Å². The van der Waals surface area contributed by atoms with E-state index in [0.29, 0.717) is 11.4 Å². The van der Waals surface area contributed by atoms with E-state index >= 15 is 0 Å². The third-order valence-corrected chi connectivity index (χ3v) is 4.81. The summed E-state index contributed by atoms with van der Waals surface area (Å²) in [6, 6.07) is 11.0. The lowest BCUT2D eigenvalue weighted by Gasteiger charge is -2.25. The molecule has 0 N–H and O–H groups in total. The highest BCUT2D eigenvalue weighted by Gasteiger charge is 2.28. The number of pyridine rings is 1. The first kappa shape index (κ1) is 14.8. The third-order valence-electron chi connectivity index (χ3n) is 3.80. The van der Waals surface area contributed by atoms with Crippen molar-refractivity contribution in [2.24, 2.45) is 0 Å². The van der Waals surface area contributed by atoms with E-state index in [0.717, 1.165) is 20.6 Å². The molecule has 120 valence electrons. The molecule has 1 aliphatic rings. The number of hydrogen-bond donors (Lipinski definition) is 0. The number of aromatic nitrogens is 2. The van der Waals surface area contributed by atoms with Gasteiger partial charge in [0.25, 0.3) is 5.56 Å². The number of fused-ring (bicyclic) bond motifs is 3. The van der Waals surface area contributed by atoms with Gasteiger partial charge in [0.15, 0.2) is 11.4 Å². The molecule has 0 atom stereocenters. The van der Waals surface area contributed by atoms with E-state index < -0.39 is 11.3 Å². The van der Waals surface area contributed by atoms with Gasteiger partial charge in [0.1, 0.15) is 5.82 Å². The Morgan fingerprint density at radius 3 is 2.75 bits per heavy atom. The van der Waals surface area contributed by atoms with Crippen molar-refractivity contribution < 1.29 is 4.42 Å². The Labute approximate surface area is 141 Å². The standard InChI is InChI=1S/C17H13N3O3S/c1-10-7-8-18-13(9-10)20-16(21)14-15(23-17(20)22)11-5-3-4-6-12(11)24-19(14)2/h3-9H,1-2H3. The van der Waals surface area contributed by atoms with Gasteiger partial charge in [-0.2, -0.15) is 4.57 Å². The molecule has 7 heteroatoms. The Balaban J connectivity index is 2.05. The van der Waals surface area contributed by atoms with E-state index in [-0.39, 0.29) is 5.82 Å². The zero-order valence-electron chi connectivity index (χ0n) is 13.0. The molecule has 0 amide bonds. The van der Waals surface area contributed by atoms with Gasteiger partial charge in [-0.15, -0.1) is 0 Å². The smallest absolute Gasteiger partial charge is 0.406 e. The molecule has 6 nitrogen and oxygen atoms in total. The Kier molecular flexibility index (Phi) is 3.31. The van der Waals surface area contributed by atoms with E-state index in [9.17, 15) is 9.59 Å². The highest BCUT2D eigenvalue weighted by Crippen LogP contribution is 2.42. The van der Waals surface area contributed by atoms with Crippen LogP contribution in [0.15, 0.2) is 61.5 Å². The maximum Gasteiger partial charge on any atom is 0.428 e. The first-order valence-corrected chi connectivity index (χ1v) is 8.08. The van der Waals surface area contributed by atoms with Crippen molar-refractivity contribution in [2.45, 2.75) is 11.8 Å². The second-order valence-electron chi connectivity index (χ2n) is 5.46. The molecule has 24 heavy (non-hydrogen) atoms. The average Bonchev–Trinajstić information content (AvgIpc) is 2.54. The fraction of sp³-hybridized carbons (Fsp3) is 0.118. The lowest BCUT2D eigenvalue weighted by molar-refractivity contribution is 0.470. The fourth-order valence-electron chi connectivity index (χ4n) is 2.69. The van der Waals surface area contributed by atoms with E-state index in [4.69, 9.17) is 4.42 Å². The maximum atomic E-state index is 13.0. The van der Waals surface area contributed by atoms with Gasteiger partial charge in [-0.05, 0) is 48.7 Å². The first-order chi connectivity index (χ1) is 11.6. The normalized spacial score (nSPS) is 12.7. The molecular weight excluding hydrogens is 326 g/mol. The summed E-state index contributed by atoms with van der Waals surface area (Å²) < 4.78 is 8.20. The van der Waals surface area contributed by atoms with Crippen molar-refractivity contribution in [3.05, 3.63) is 69.1 Å². The van der Waals surface area contributed by atoms with Crippen molar-refractivity contribution in [3.63, 3.8) is 0 Å². The van der Waals surface area contributed by atoms with E-state index in [2.05, 4.69) is 4.98 Å². The number of rotatable bonds is 1. The summed E-state index contributed by atoms with van der Waals surface area (Å²) in [6.07, 6.45) is 1.56. The molecule has 2 aromatic heterocycles. The van der Waals surface area contributed by atoms with Crippen LogP contribution in [0.2, 0.25) is 0 Å². The summed E-state index contributed by atoms with van der Waals surface area (Å²) in [5, 5.41) is 0. The molecule has 0 bridgehead atoms. The van der Waals surface area contributed by atoms with Gasteiger partial charge in [0.05, 0.1) is 0 Å². The van der Waals surface area contributed by atoms with Crippen molar-refractivity contribution >= 4 is 17.6 Å². The van der Waals surface area contributed by atoms with Crippen molar-refractivity contribution in [3.8, 4) is 17.1 Å². The molecule has 1 aliphatic heterocycles. The van der Waals surface area contributed by atoms with Gasteiger partial charge in [0.2, 0.25) is 0 Å². The van der Waals surface area contributed by atoms with E-state index in [1.165, 1.54) is 11.9 Å². The van der Waals surface area contributed by atoms with Crippen LogP contribution < -0.4 is 15.6 Å². The Bertz CT molecular complexity index is 1070. The molecule has 0 saturated carbocycles. The lowest BCUT2D eigenvalue weighted by Crippen LogP contribution is -2.36. The molecule has 1 aromatic carbocycles. The van der Waals surface area contributed by atoms with Crippen molar-refractivity contribution in [2.75, 3.05) is 11.4 Å². The van der Waals surface area contributed by atoms with Crippen LogP contribution in [-0.4, -0.2) is 16.6 Å². The zero-order valence-corrected chi connectivity index (χ0v) is 13.8. The quantitative estimate of drug-likeness (QED) is 0.635. The van der Waals surface area contributed by atoms with Crippen LogP contribution in [0.4, 0.5) is 5.69 Å². The summed E-state index contributed by atoms with van der Waals surface area (Å²) in [4.78, 5) is 30.5. The Hall–Kier alpha value is -2.80. The second-order valence-corrected chi connectivity index (χ2v) is 6.63. The van der Waals surface area contributed by atoms with Crippen LogP contribution in [0.3, 0.4) is 0 Å². The average molecular weight is 339 g/mol. The zero-order chi connectivity index (χ0) is 16.8. The number of hydrogen-bond acceptors (Lipinski definition) is 6.